The first-order valence-electron chi connectivity index (χ1n) is 10.4. The van der Waals surface area contributed by atoms with Crippen LogP contribution in [0, 0.1) is 13.8 Å². The molecule has 0 amide bonds. The average molecular weight is 442 g/mol. The summed E-state index contributed by atoms with van der Waals surface area (Å²) in [6.07, 6.45) is 3.61. The molecule has 160 valence electrons. The number of thiocarbonyl (C=S) groups is 1. The summed E-state index contributed by atoms with van der Waals surface area (Å²) in [7, 11) is 0. The van der Waals surface area contributed by atoms with Crippen LogP contribution in [0.2, 0.25) is 0 Å². The number of aromatic hydroxyl groups is 1. The molecule has 0 spiro atoms. The van der Waals surface area contributed by atoms with Gasteiger partial charge in [0.2, 0.25) is 0 Å². The Labute approximate surface area is 192 Å². The van der Waals surface area contributed by atoms with E-state index in [1.165, 1.54) is 0 Å². The lowest BCUT2D eigenvalue weighted by molar-refractivity contribution is 0.475. The molecule has 0 aliphatic carbocycles. The molecule has 0 bridgehead atoms. The van der Waals surface area contributed by atoms with Crippen LogP contribution in [-0.4, -0.2) is 24.8 Å². The fourth-order valence-electron chi connectivity index (χ4n) is 4.49. The highest BCUT2D eigenvalue weighted by Crippen LogP contribution is 2.43. The van der Waals surface area contributed by atoms with Gasteiger partial charge in [-0.05, 0) is 86.2 Å². The van der Waals surface area contributed by atoms with Gasteiger partial charge in [-0.25, -0.2) is 4.98 Å². The molecule has 1 aliphatic rings. The van der Waals surface area contributed by atoms with Crippen molar-refractivity contribution in [1.29, 1.82) is 0 Å². The SMILES string of the molecule is Cc1cc([C@H]2[C@@H](c3ccccn3)NC(=S)N2c2ccc(O)cc2)c(C)n1-c1ccccn1. The van der Waals surface area contributed by atoms with Crippen LogP contribution in [0.3, 0.4) is 0 Å². The van der Waals surface area contributed by atoms with Gasteiger partial charge in [0.25, 0.3) is 0 Å². The third-order valence-electron chi connectivity index (χ3n) is 5.89. The van der Waals surface area contributed by atoms with Gasteiger partial charge in [0.15, 0.2) is 5.11 Å². The van der Waals surface area contributed by atoms with Crippen molar-refractivity contribution in [3.05, 3.63) is 102 Å². The van der Waals surface area contributed by atoms with E-state index in [1.54, 1.807) is 24.5 Å². The quantitative estimate of drug-likeness (QED) is 0.445. The van der Waals surface area contributed by atoms with E-state index in [2.05, 4.69) is 44.7 Å². The van der Waals surface area contributed by atoms with Crippen LogP contribution in [0.25, 0.3) is 5.82 Å². The summed E-state index contributed by atoms with van der Waals surface area (Å²) in [5, 5.41) is 13.9. The van der Waals surface area contributed by atoms with Crippen LogP contribution < -0.4 is 10.2 Å². The number of anilines is 1. The number of benzene rings is 1. The van der Waals surface area contributed by atoms with E-state index in [0.717, 1.165) is 34.2 Å². The zero-order chi connectivity index (χ0) is 22.2. The lowest BCUT2D eigenvalue weighted by atomic mass is 9.96. The number of phenolic OH excluding ortho intramolecular Hbond substituents is 1. The monoisotopic (exact) mass is 441 g/mol. The highest BCUT2D eigenvalue weighted by molar-refractivity contribution is 7.80. The van der Waals surface area contributed by atoms with Crippen LogP contribution in [0.1, 0.15) is 34.7 Å². The molecule has 32 heavy (non-hydrogen) atoms. The standard InChI is InChI=1S/C25H23N5OS/c1-16-15-20(17(2)29(16)22-8-4-6-14-27-22)24-23(21-7-3-5-13-26-21)28-25(32)30(24)18-9-11-19(31)12-10-18/h3-15,23-24,31H,1-2H3,(H,28,32)/t23-,24+/m1/s1. The van der Waals surface area contributed by atoms with Gasteiger partial charge in [-0.1, -0.05) is 12.1 Å². The van der Waals surface area contributed by atoms with Crippen LogP contribution in [0.15, 0.2) is 79.1 Å². The number of pyridine rings is 2. The van der Waals surface area contributed by atoms with E-state index in [9.17, 15) is 5.11 Å². The molecule has 3 aromatic heterocycles. The topological polar surface area (TPSA) is 66.2 Å². The fraction of sp³-hybridized carbons (Fsp3) is 0.160. The molecule has 1 fully saturated rings. The average Bonchev–Trinajstić information content (AvgIpc) is 3.31. The van der Waals surface area contributed by atoms with Crippen molar-refractivity contribution in [1.82, 2.24) is 19.9 Å². The molecule has 0 unspecified atom stereocenters. The fourth-order valence-corrected chi connectivity index (χ4v) is 4.83. The Morgan fingerprint density at radius 3 is 2.31 bits per heavy atom. The summed E-state index contributed by atoms with van der Waals surface area (Å²) in [6, 6.07) is 20.9. The number of phenols is 1. The van der Waals surface area contributed by atoms with E-state index in [0.29, 0.717) is 5.11 Å². The van der Waals surface area contributed by atoms with Crippen molar-refractivity contribution in [2.75, 3.05) is 4.90 Å². The Morgan fingerprint density at radius 2 is 1.66 bits per heavy atom. The zero-order valence-electron chi connectivity index (χ0n) is 17.8. The van der Waals surface area contributed by atoms with Gasteiger partial charge < -0.3 is 19.9 Å². The van der Waals surface area contributed by atoms with Crippen molar-refractivity contribution in [2.24, 2.45) is 0 Å². The highest BCUT2D eigenvalue weighted by atomic mass is 32.1. The lowest BCUT2D eigenvalue weighted by Crippen LogP contribution is -2.29. The van der Waals surface area contributed by atoms with Crippen molar-refractivity contribution in [2.45, 2.75) is 25.9 Å². The predicted molar refractivity (Wildman–Crippen MR) is 129 cm³/mol. The van der Waals surface area contributed by atoms with Gasteiger partial charge in [0.1, 0.15) is 11.6 Å². The minimum absolute atomic E-state index is 0.120. The first kappa shape index (κ1) is 20.2. The largest absolute Gasteiger partial charge is 0.508 e. The van der Waals surface area contributed by atoms with Crippen molar-refractivity contribution in [3.63, 3.8) is 0 Å². The van der Waals surface area contributed by atoms with Gasteiger partial charge in [0, 0.05) is 29.5 Å². The Morgan fingerprint density at radius 1 is 0.938 bits per heavy atom. The van der Waals surface area contributed by atoms with Crippen LogP contribution in [0.4, 0.5) is 5.69 Å². The molecule has 7 heteroatoms. The van der Waals surface area contributed by atoms with Crippen molar-refractivity contribution < 1.29 is 5.11 Å². The number of nitrogens with zero attached hydrogens (tertiary/aromatic N) is 4. The molecule has 5 rings (SSSR count). The summed E-state index contributed by atoms with van der Waals surface area (Å²) in [4.78, 5) is 11.3. The molecule has 1 aliphatic heterocycles. The van der Waals surface area contributed by atoms with E-state index < -0.39 is 0 Å². The van der Waals surface area contributed by atoms with Gasteiger partial charge in [0.05, 0.1) is 17.8 Å². The Bertz CT molecular complexity index is 1260. The molecular formula is C25H23N5OS. The second-order valence-electron chi connectivity index (χ2n) is 7.86. The van der Waals surface area contributed by atoms with Crippen molar-refractivity contribution in [3.8, 4) is 11.6 Å². The first-order chi connectivity index (χ1) is 15.5. The molecular weight excluding hydrogens is 418 g/mol. The molecule has 2 atom stereocenters. The van der Waals surface area contributed by atoms with Gasteiger partial charge in [-0.2, -0.15) is 0 Å². The minimum atomic E-state index is -0.129. The maximum Gasteiger partial charge on any atom is 0.174 e. The number of aromatic nitrogens is 3. The van der Waals surface area contributed by atoms with Crippen LogP contribution >= 0.6 is 12.2 Å². The normalized spacial score (nSPS) is 18.1. The summed E-state index contributed by atoms with van der Waals surface area (Å²) >= 11 is 5.79. The third kappa shape index (κ3) is 3.40. The molecule has 1 aromatic carbocycles. The molecule has 2 N–H and O–H groups in total. The minimum Gasteiger partial charge on any atom is -0.508 e. The molecule has 4 heterocycles. The summed E-state index contributed by atoms with van der Waals surface area (Å²) in [5.74, 6) is 1.10. The number of nitrogens with one attached hydrogen (secondary N) is 1. The first-order valence-corrected chi connectivity index (χ1v) is 10.9. The Kier molecular flexibility index (Phi) is 5.11. The van der Waals surface area contributed by atoms with E-state index in [4.69, 9.17) is 12.2 Å². The smallest absolute Gasteiger partial charge is 0.174 e. The molecule has 4 aromatic rings. The maximum absolute atomic E-state index is 9.80. The van der Waals surface area contributed by atoms with Crippen molar-refractivity contribution >= 4 is 23.0 Å². The second-order valence-corrected chi connectivity index (χ2v) is 8.25. The highest BCUT2D eigenvalue weighted by Gasteiger charge is 2.42. The lowest BCUT2D eigenvalue weighted by Gasteiger charge is -2.28. The van der Waals surface area contributed by atoms with Gasteiger partial charge in [-0.3, -0.25) is 4.98 Å². The Balaban J connectivity index is 1.68. The van der Waals surface area contributed by atoms with Gasteiger partial charge >= 0.3 is 0 Å². The summed E-state index contributed by atoms with van der Waals surface area (Å²) in [6.45, 7) is 4.20. The van der Waals surface area contributed by atoms with E-state index >= 15 is 0 Å². The zero-order valence-corrected chi connectivity index (χ0v) is 18.6. The Hall–Kier alpha value is -3.71. The van der Waals surface area contributed by atoms with Gasteiger partial charge in [-0.15, -0.1) is 0 Å². The molecule has 1 saturated heterocycles. The number of aryl methyl sites for hydroxylation is 1. The van der Waals surface area contributed by atoms with Crippen LogP contribution in [0.5, 0.6) is 5.75 Å². The molecule has 0 saturated carbocycles. The third-order valence-corrected chi connectivity index (χ3v) is 6.21. The van der Waals surface area contributed by atoms with E-state index in [1.807, 2.05) is 48.5 Å². The molecule has 0 radical (unpaired) electrons. The maximum atomic E-state index is 9.80. The van der Waals surface area contributed by atoms with Crippen LogP contribution in [-0.2, 0) is 0 Å². The number of hydrogen-bond donors (Lipinski definition) is 2. The summed E-state index contributed by atoms with van der Waals surface area (Å²) in [5.41, 5.74) is 5.17. The summed E-state index contributed by atoms with van der Waals surface area (Å²) < 4.78 is 2.17. The molecule has 6 nitrogen and oxygen atoms in total. The number of rotatable bonds is 4. The van der Waals surface area contributed by atoms with E-state index in [-0.39, 0.29) is 17.8 Å². The number of hydrogen-bond acceptors (Lipinski definition) is 4. The second kappa shape index (κ2) is 8.09. The predicted octanol–water partition coefficient (Wildman–Crippen LogP) is 4.77.